The van der Waals surface area contributed by atoms with E-state index in [9.17, 15) is 23.3 Å². The lowest BCUT2D eigenvalue weighted by atomic mass is 10.2. The number of nitro benzene ring substituents is 1. The van der Waals surface area contributed by atoms with E-state index in [1.54, 1.807) is 6.92 Å². The van der Waals surface area contributed by atoms with Crippen molar-refractivity contribution in [1.82, 2.24) is 15.2 Å². The third kappa shape index (κ3) is 4.47. The minimum Gasteiger partial charge on any atom is -0.273 e. The zero-order chi connectivity index (χ0) is 21.2. The summed E-state index contributed by atoms with van der Waals surface area (Å²) in [4.78, 5) is 29.0. The Balaban J connectivity index is 1.80. The Labute approximate surface area is 170 Å². The number of aryl methyl sites for hydroxylation is 2. The van der Waals surface area contributed by atoms with Crippen molar-refractivity contribution < 1.29 is 18.1 Å². The van der Waals surface area contributed by atoms with Gasteiger partial charge in [-0.3, -0.25) is 20.3 Å². The van der Waals surface area contributed by atoms with Gasteiger partial charge in [0.25, 0.3) is 21.6 Å². The zero-order valence-corrected chi connectivity index (χ0v) is 17.0. The van der Waals surface area contributed by atoms with Crippen LogP contribution in [0, 0.1) is 24.0 Å². The molecule has 3 aromatic rings. The Morgan fingerprint density at radius 1 is 1.14 bits per heavy atom. The lowest BCUT2D eigenvalue weighted by molar-refractivity contribution is -0.385. The van der Waals surface area contributed by atoms with E-state index in [1.165, 1.54) is 19.1 Å². The predicted molar refractivity (Wildman–Crippen MR) is 108 cm³/mol. The molecule has 0 bridgehead atoms. The smallest absolute Gasteiger partial charge is 0.273 e. The highest BCUT2D eigenvalue weighted by Crippen LogP contribution is 2.27. The van der Waals surface area contributed by atoms with E-state index >= 15 is 0 Å². The minimum absolute atomic E-state index is 0.252. The maximum atomic E-state index is 12.5. The van der Waals surface area contributed by atoms with Gasteiger partial charge in [0.05, 0.1) is 15.5 Å². The third-order valence-corrected chi connectivity index (χ3v) is 6.59. The number of benzene rings is 2. The number of carbonyl (C=O) groups excluding carboxylic acids is 1. The first-order chi connectivity index (χ1) is 13.7. The lowest BCUT2D eigenvalue weighted by Gasteiger charge is -2.10. The van der Waals surface area contributed by atoms with Crippen LogP contribution in [0.3, 0.4) is 0 Å². The largest absolute Gasteiger partial charge is 0.278 e. The van der Waals surface area contributed by atoms with Crippen LogP contribution in [0.4, 0.5) is 5.69 Å². The maximum Gasteiger partial charge on any atom is 0.278 e. The van der Waals surface area contributed by atoms with E-state index in [0.717, 1.165) is 23.0 Å². The van der Waals surface area contributed by atoms with Gasteiger partial charge in [0, 0.05) is 17.7 Å². The molecule has 0 atom stereocenters. The number of hydrogen-bond acceptors (Lipinski definition) is 7. The molecule has 0 fully saturated rings. The van der Waals surface area contributed by atoms with Gasteiger partial charge in [-0.2, -0.15) is 0 Å². The van der Waals surface area contributed by atoms with E-state index in [0.29, 0.717) is 16.3 Å². The van der Waals surface area contributed by atoms with Crippen LogP contribution in [0.1, 0.15) is 20.9 Å². The van der Waals surface area contributed by atoms with Gasteiger partial charge in [-0.05, 0) is 19.4 Å². The predicted octanol–water partition coefficient (Wildman–Crippen LogP) is 2.96. The highest BCUT2D eigenvalue weighted by atomic mass is 32.2. The van der Waals surface area contributed by atoms with E-state index < -0.39 is 20.9 Å². The molecule has 0 aliphatic rings. The lowest BCUT2D eigenvalue weighted by Crippen LogP contribution is -2.41. The number of thiazole rings is 1. The van der Waals surface area contributed by atoms with Crippen molar-refractivity contribution in [1.29, 1.82) is 0 Å². The summed E-state index contributed by atoms with van der Waals surface area (Å²) < 4.78 is 25.0. The standard InChI is InChI=1S/C18H16N4O5S2/c1-11-8-9-14(22(24)25)10-15(11)29(26,27)21-20-17(23)16-12(2)19-18(28-16)13-6-4-3-5-7-13/h3-10,21H,1-2H3,(H,20,23). The van der Waals surface area contributed by atoms with Crippen molar-refractivity contribution in [2.75, 3.05) is 0 Å². The second kappa shape index (κ2) is 8.07. The van der Waals surface area contributed by atoms with E-state index in [4.69, 9.17) is 0 Å². The van der Waals surface area contributed by atoms with E-state index in [2.05, 4.69) is 10.4 Å². The number of nitrogens with zero attached hydrogens (tertiary/aromatic N) is 2. The summed E-state index contributed by atoms with van der Waals surface area (Å²) in [6, 6.07) is 12.7. The molecule has 0 aliphatic carbocycles. The van der Waals surface area contributed by atoms with Crippen LogP contribution >= 0.6 is 11.3 Å². The summed E-state index contributed by atoms with van der Waals surface area (Å²) in [6.07, 6.45) is 0. The summed E-state index contributed by atoms with van der Waals surface area (Å²) in [5.41, 5.74) is 3.37. The number of rotatable bonds is 6. The molecule has 0 saturated carbocycles. The van der Waals surface area contributed by atoms with Gasteiger partial charge in [-0.15, -0.1) is 16.2 Å². The molecule has 1 amide bonds. The molecule has 9 nitrogen and oxygen atoms in total. The molecule has 29 heavy (non-hydrogen) atoms. The van der Waals surface area contributed by atoms with Gasteiger partial charge in [0.2, 0.25) is 0 Å². The molecular weight excluding hydrogens is 416 g/mol. The molecule has 0 unspecified atom stereocenters. The van der Waals surface area contributed by atoms with Crippen molar-refractivity contribution in [3.05, 3.63) is 74.8 Å². The number of amides is 1. The summed E-state index contributed by atoms with van der Waals surface area (Å²) in [6.45, 7) is 3.15. The quantitative estimate of drug-likeness (QED) is 0.455. The second-order valence-corrected chi connectivity index (χ2v) is 8.72. The molecule has 1 aromatic heterocycles. The van der Waals surface area contributed by atoms with Crippen LogP contribution in [0.2, 0.25) is 0 Å². The number of non-ortho nitro benzene ring substituents is 1. The Kier molecular flexibility index (Phi) is 5.73. The first-order valence-corrected chi connectivity index (χ1v) is 10.6. The normalized spacial score (nSPS) is 11.2. The van der Waals surface area contributed by atoms with Gasteiger partial charge in [0.15, 0.2) is 0 Å². The van der Waals surface area contributed by atoms with Crippen LogP contribution in [0.15, 0.2) is 53.4 Å². The minimum atomic E-state index is -4.21. The summed E-state index contributed by atoms with van der Waals surface area (Å²) in [5.74, 6) is -0.672. The first kappa shape index (κ1) is 20.6. The Morgan fingerprint density at radius 3 is 2.48 bits per heavy atom. The zero-order valence-electron chi connectivity index (χ0n) is 15.4. The van der Waals surface area contributed by atoms with Crippen LogP contribution in [-0.2, 0) is 10.0 Å². The topological polar surface area (TPSA) is 131 Å². The molecule has 2 aromatic carbocycles. The van der Waals surface area contributed by atoms with Crippen LogP contribution in [-0.4, -0.2) is 24.2 Å². The molecule has 2 N–H and O–H groups in total. The number of hydrazine groups is 1. The Hall–Kier alpha value is -3.15. The van der Waals surface area contributed by atoms with Crippen LogP contribution in [0.5, 0.6) is 0 Å². The molecule has 0 radical (unpaired) electrons. The number of nitro groups is 1. The number of carbonyl (C=O) groups is 1. The van der Waals surface area contributed by atoms with Crippen LogP contribution in [0.25, 0.3) is 10.6 Å². The molecule has 0 spiro atoms. The van der Waals surface area contributed by atoms with Gasteiger partial charge < -0.3 is 0 Å². The fourth-order valence-corrected chi connectivity index (χ4v) is 4.60. The third-order valence-electron chi connectivity index (χ3n) is 3.99. The van der Waals surface area contributed by atoms with Crippen molar-refractivity contribution in [2.24, 2.45) is 0 Å². The van der Waals surface area contributed by atoms with Gasteiger partial charge >= 0.3 is 0 Å². The highest BCUT2D eigenvalue weighted by molar-refractivity contribution is 7.89. The molecule has 0 aliphatic heterocycles. The van der Waals surface area contributed by atoms with Gasteiger partial charge in [0.1, 0.15) is 9.88 Å². The number of sulfonamides is 1. The van der Waals surface area contributed by atoms with Crippen molar-refractivity contribution in [2.45, 2.75) is 18.7 Å². The summed E-state index contributed by atoms with van der Waals surface area (Å²) in [7, 11) is -4.21. The molecule has 0 saturated heterocycles. The van der Waals surface area contributed by atoms with Gasteiger partial charge in [-0.1, -0.05) is 36.4 Å². The fraction of sp³-hybridized carbons (Fsp3) is 0.111. The number of aromatic nitrogens is 1. The fourth-order valence-electron chi connectivity index (χ4n) is 2.53. The monoisotopic (exact) mass is 432 g/mol. The SMILES string of the molecule is Cc1ccc([N+](=O)[O-])cc1S(=O)(=O)NNC(=O)c1sc(-c2ccccc2)nc1C. The van der Waals surface area contributed by atoms with Crippen molar-refractivity contribution in [3.8, 4) is 10.6 Å². The second-order valence-electron chi connectivity index (χ2n) is 6.07. The van der Waals surface area contributed by atoms with Gasteiger partial charge in [-0.25, -0.2) is 13.4 Å². The van der Waals surface area contributed by atoms with E-state index in [-0.39, 0.29) is 15.5 Å². The summed E-state index contributed by atoms with van der Waals surface area (Å²) >= 11 is 1.13. The summed E-state index contributed by atoms with van der Waals surface area (Å²) in [5, 5.41) is 11.5. The average Bonchev–Trinajstić information content (AvgIpc) is 3.08. The Morgan fingerprint density at radius 2 is 1.83 bits per heavy atom. The molecule has 3 rings (SSSR count). The van der Waals surface area contributed by atoms with Crippen molar-refractivity contribution >= 4 is 33.0 Å². The Bertz CT molecular complexity index is 1190. The molecule has 1 heterocycles. The average molecular weight is 432 g/mol. The van der Waals surface area contributed by atoms with Crippen molar-refractivity contribution in [3.63, 3.8) is 0 Å². The number of hydrogen-bond donors (Lipinski definition) is 2. The van der Waals surface area contributed by atoms with Crippen LogP contribution < -0.4 is 10.3 Å². The highest BCUT2D eigenvalue weighted by Gasteiger charge is 2.23. The molecule has 11 heteroatoms. The number of nitrogens with one attached hydrogen (secondary N) is 2. The maximum absolute atomic E-state index is 12.5. The molecular formula is C18H16N4O5S2. The molecule has 150 valence electrons. The first-order valence-electron chi connectivity index (χ1n) is 8.29. The van der Waals surface area contributed by atoms with E-state index in [1.807, 2.05) is 35.2 Å².